The molecular weight excluding hydrogens is 232 g/mol. The number of hydrogen-bond acceptors (Lipinski definition) is 4. The van der Waals surface area contributed by atoms with Gasteiger partial charge in [-0.15, -0.1) is 11.8 Å². The van der Waals surface area contributed by atoms with Crippen molar-refractivity contribution in [3.63, 3.8) is 0 Å². The van der Waals surface area contributed by atoms with E-state index in [9.17, 15) is 0 Å². The number of halogens is 1. The van der Waals surface area contributed by atoms with E-state index in [0.29, 0.717) is 5.28 Å². The van der Waals surface area contributed by atoms with Gasteiger partial charge in [0, 0.05) is 24.6 Å². The first-order chi connectivity index (χ1) is 7.34. The van der Waals surface area contributed by atoms with Crippen molar-refractivity contribution in [3.05, 3.63) is 29.7 Å². The third kappa shape index (κ3) is 1.52. The minimum Gasteiger partial charge on any atom is -0.289 e. The average molecular weight is 239 g/mol. The van der Waals surface area contributed by atoms with E-state index in [2.05, 4.69) is 15.0 Å². The molecule has 15 heavy (non-hydrogen) atoms. The smallest absolute Gasteiger partial charge is 0.224 e. The number of thioether (sulfide) groups is 1. The van der Waals surface area contributed by atoms with Crippen molar-refractivity contribution in [1.82, 2.24) is 19.5 Å². The molecule has 0 radical (unpaired) electrons. The summed E-state index contributed by atoms with van der Waals surface area (Å²) >= 11 is 7.65. The van der Waals surface area contributed by atoms with Gasteiger partial charge in [-0.2, -0.15) is 4.98 Å². The standard InChI is InChI=1S/C9H7ClN4S/c10-9-12-6-1-4-15-7(6)8(13-9)14-3-2-11-5-14/h2-3,5H,1,4H2. The molecule has 2 aromatic rings. The van der Waals surface area contributed by atoms with Crippen LogP contribution >= 0.6 is 23.4 Å². The van der Waals surface area contributed by atoms with Gasteiger partial charge in [0.05, 0.1) is 10.6 Å². The first-order valence-corrected chi connectivity index (χ1v) is 5.88. The Morgan fingerprint density at radius 2 is 2.33 bits per heavy atom. The molecule has 3 heterocycles. The summed E-state index contributed by atoms with van der Waals surface area (Å²) < 4.78 is 1.87. The highest BCUT2D eigenvalue weighted by Crippen LogP contribution is 2.34. The molecule has 2 aromatic heterocycles. The molecule has 0 atom stereocenters. The van der Waals surface area contributed by atoms with Crippen molar-refractivity contribution in [2.24, 2.45) is 0 Å². The summed E-state index contributed by atoms with van der Waals surface area (Å²) in [6.45, 7) is 0. The summed E-state index contributed by atoms with van der Waals surface area (Å²) in [4.78, 5) is 13.6. The first-order valence-electron chi connectivity index (χ1n) is 4.52. The van der Waals surface area contributed by atoms with Crippen LogP contribution in [0.5, 0.6) is 0 Å². The maximum absolute atomic E-state index is 5.88. The lowest BCUT2D eigenvalue weighted by atomic mass is 10.3. The zero-order valence-electron chi connectivity index (χ0n) is 7.72. The number of nitrogens with zero attached hydrogens (tertiary/aromatic N) is 4. The van der Waals surface area contributed by atoms with Crippen LogP contribution in [0, 0.1) is 0 Å². The number of rotatable bonds is 1. The van der Waals surface area contributed by atoms with Crippen molar-refractivity contribution in [2.75, 3.05) is 5.75 Å². The zero-order chi connectivity index (χ0) is 10.3. The molecule has 1 aliphatic rings. The Hall–Kier alpha value is -1.07. The van der Waals surface area contributed by atoms with E-state index in [1.807, 2.05) is 10.8 Å². The molecule has 0 bridgehead atoms. The van der Waals surface area contributed by atoms with Gasteiger partial charge in [-0.1, -0.05) is 0 Å². The Morgan fingerprint density at radius 1 is 1.40 bits per heavy atom. The second-order valence-corrected chi connectivity index (χ2v) is 4.60. The quantitative estimate of drug-likeness (QED) is 0.713. The highest BCUT2D eigenvalue weighted by atomic mass is 35.5. The predicted octanol–water partition coefficient (Wildman–Crippen LogP) is 1.96. The van der Waals surface area contributed by atoms with Gasteiger partial charge in [-0.05, 0) is 11.6 Å². The lowest BCUT2D eigenvalue weighted by Gasteiger charge is -2.06. The largest absolute Gasteiger partial charge is 0.289 e. The van der Waals surface area contributed by atoms with Crippen LogP contribution in [-0.4, -0.2) is 25.3 Å². The Morgan fingerprint density at radius 3 is 3.13 bits per heavy atom. The van der Waals surface area contributed by atoms with Crippen molar-refractivity contribution in [1.29, 1.82) is 0 Å². The second-order valence-electron chi connectivity index (χ2n) is 3.16. The molecule has 0 fully saturated rings. The summed E-state index contributed by atoms with van der Waals surface area (Å²) in [6, 6.07) is 0. The Labute approximate surface area is 95.7 Å². The fraction of sp³-hybridized carbons (Fsp3) is 0.222. The molecule has 0 aliphatic carbocycles. The van der Waals surface area contributed by atoms with Gasteiger partial charge in [0.25, 0.3) is 0 Å². The lowest BCUT2D eigenvalue weighted by molar-refractivity contribution is 0.891. The number of aromatic nitrogens is 4. The van der Waals surface area contributed by atoms with Gasteiger partial charge < -0.3 is 0 Å². The molecule has 0 N–H and O–H groups in total. The molecule has 0 saturated heterocycles. The van der Waals surface area contributed by atoms with Crippen LogP contribution in [0.15, 0.2) is 23.6 Å². The summed E-state index contributed by atoms with van der Waals surface area (Å²) in [5.74, 6) is 1.89. The highest BCUT2D eigenvalue weighted by molar-refractivity contribution is 7.99. The maximum Gasteiger partial charge on any atom is 0.224 e. The molecule has 0 saturated carbocycles. The number of hydrogen-bond donors (Lipinski definition) is 0. The third-order valence-electron chi connectivity index (χ3n) is 2.22. The van der Waals surface area contributed by atoms with Crippen molar-refractivity contribution in [2.45, 2.75) is 11.3 Å². The van der Waals surface area contributed by atoms with E-state index in [4.69, 9.17) is 11.6 Å². The van der Waals surface area contributed by atoms with E-state index in [-0.39, 0.29) is 0 Å². The number of fused-ring (bicyclic) bond motifs is 1. The minimum atomic E-state index is 0.306. The van der Waals surface area contributed by atoms with E-state index in [1.54, 1.807) is 24.3 Å². The average Bonchev–Trinajstić information content (AvgIpc) is 2.86. The fourth-order valence-corrected chi connectivity index (χ4v) is 2.86. The predicted molar refractivity (Wildman–Crippen MR) is 58.6 cm³/mol. The summed E-state index contributed by atoms with van der Waals surface area (Å²) in [5.41, 5.74) is 1.05. The van der Waals surface area contributed by atoms with Crippen LogP contribution in [-0.2, 0) is 6.42 Å². The van der Waals surface area contributed by atoms with Gasteiger partial charge in [0.15, 0.2) is 5.82 Å². The number of imidazole rings is 1. The molecule has 76 valence electrons. The van der Waals surface area contributed by atoms with Crippen molar-refractivity contribution >= 4 is 23.4 Å². The topological polar surface area (TPSA) is 43.6 Å². The van der Waals surface area contributed by atoms with Crippen LogP contribution in [0.3, 0.4) is 0 Å². The molecule has 0 spiro atoms. The van der Waals surface area contributed by atoms with Gasteiger partial charge in [0.2, 0.25) is 5.28 Å². The minimum absolute atomic E-state index is 0.306. The first kappa shape index (κ1) is 9.18. The molecule has 0 aromatic carbocycles. The normalized spacial score (nSPS) is 14.2. The van der Waals surface area contributed by atoms with Gasteiger partial charge in [0.1, 0.15) is 6.33 Å². The Bertz CT molecular complexity index is 497. The monoisotopic (exact) mass is 238 g/mol. The van der Waals surface area contributed by atoms with Crippen LogP contribution in [0.4, 0.5) is 0 Å². The summed E-state index contributed by atoms with van der Waals surface area (Å²) in [6.07, 6.45) is 6.27. The van der Waals surface area contributed by atoms with Crippen LogP contribution in [0.25, 0.3) is 5.82 Å². The Balaban J connectivity index is 2.23. The molecule has 0 unspecified atom stereocenters. The highest BCUT2D eigenvalue weighted by Gasteiger charge is 2.20. The van der Waals surface area contributed by atoms with Crippen molar-refractivity contribution < 1.29 is 0 Å². The van der Waals surface area contributed by atoms with Gasteiger partial charge >= 0.3 is 0 Å². The van der Waals surface area contributed by atoms with Crippen LogP contribution in [0.1, 0.15) is 5.69 Å². The Kier molecular flexibility index (Phi) is 2.14. The van der Waals surface area contributed by atoms with E-state index in [1.165, 1.54) is 0 Å². The SMILES string of the molecule is Clc1nc2c(c(-n3ccnc3)n1)SCC2. The summed E-state index contributed by atoms with van der Waals surface area (Å²) in [7, 11) is 0. The van der Waals surface area contributed by atoms with Crippen molar-refractivity contribution in [3.8, 4) is 5.82 Å². The van der Waals surface area contributed by atoms with Gasteiger partial charge in [-0.3, -0.25) is 4.57 Å². The molecule has 6 heteroatoms. The third-order valence-corrected chi connectivity index (χ3v) is 3.51. The fourth-order valence-electron chi connectivity index (χ4n) is 1.58. The second kappa shape index (κ2) is 3.50. The number of aryl methyl sites for hydroxylation is 1. The molecule has 4 nitrogen and oxygen atoms in total. The molecule has 0 amide bonds. The van der Waals surface area contributed by atoms with Gasteiger partial charge in [-0.25, -0.2) is 9.97 Å². The van der Waals surface area contributed by atoms with Crippen LogP contribution < -0.4 is 0 Å². The van der Waals surface area contributed by atoms with E-state index < -0.39 is 0 Å². The maximum atomic E-state index is 5.88. The van der Waals surface area contributed by atoms with Crippen LogP contribution in [0.2, 0.25) is 5.28 Å². The summed E-state index contributed by atoms with van der Waals surface area (Å²) in [5, 5.41) is 0.306. The van der Waals surface area contributed by atoms with E-state index in [0.717, 1.165) is 28.6 Å². The molecule has 1 aliphatic heterocycles. The lowest BCUT2D eigenvalue weighted by Crippen LogP contribution is -2.01. The molecular formula is C9H7ClN4S. The molecule has 3 rings (SSSR count). The zero-order valence-corrected chi connectivity index (χ0v) is 9.29. The van der Waals surface area contributed by atoms with E-state index >= 15 is 0 Å².